The molecule has 178 valence electrons. The van der Waals surface area contributed by atoms with Crippen LogP contribution in [0.4, 0.5) is 18.9 Å². The lowest BCUT2D eigenvalue weighted by Gasteiger charge is -2.15. The number of anilines is 1. The fourth-order valence-corrected chi connectivity index (χ4v) is 2.86. The molecule has 10 heteroatoms. The molecule has 0 aliphatic heterocycles. The Morgan fingerprint density at radius 1 is 1.06 bits per heavy atom. The SMILES string of the molecule is COCCOc1ccc(C(F)(F)F)cc1NC(=O)COC(=O)/C=C/c1ccc2ccccc2n1. The van der Waals surface area contributed by atoms with E-state index >= 15 is 0 Å². The van der Waals surface area contributed by atoms with Crippen molar-refractivity contribution >= 4 is 34.5 Å². The van der Waals surface area contributed by atoms with E-state index in [9.17, 15) is 22.8 Å². The van der Waals surface area contributed by atoms with E-state index in [4.69, 9.17) is 14.2 Å². The predicted molar refractivity (Wildman–Crippen MR) is 119 cm³/mol. The summed E-state index contributed by atoms with van der Waals surface area (Å²) < 4.78 is 54.2. The lowest BCUT2D eigenvalue weighted by molar-refractivity contribution is -0.142. The molecule has 0 bridgehead atoms. The maximum absolute atomic E-state index is 13.1. The molecule has 0 aliphatic carbocycles. The lowest BCUT2D eigenvalue weighted by Crippen LogP contribution is -2.21. The molecule has 0 aliphatic rings. The topological polar surface area (TPSA) is 86.8 Å². The van der Waals surface area contributed by atoms with Gasteiger partial charge in [-0.2, -0.15) is 13.2 Å². The molecular formula is C24H21F3N2O5. The van der Waals surface area contributed by atoms with Gasteiger partial charge in [-0.25, -0.2) is 9.78 Å². The number of amides is 1. The predicted octanol–water partition coefficient (Wildman–Crippen LogP) is 4.47. The number of alkyl halides is 3. The number of esters is 1. The van der Waals surface area contributed by atoms with E-state index in [-0.39, 0.29) is 24.7 Å². The number of nitrogens with one attached hydrogen (secondary N) is 1. The Balaban J connectivity index is 1.60. The van der Waals surface area contributed by atoms with Crippen molar-refractivity contribution in [2.75, 3.05) is 32.2 Å². The minimum absolute atomic E-state index is 0.0204. The van der Waals surface area contributed by atoms with Gasteiger partial charge in [0.15, 0.2) is 6.61 Å². The number of aromatic nitrogens is 1. The highest BCUT2D eigenvalue weighted by Gasteiger charge is 2.31. The van der Waals surface area contributed by atoms with E-state index in [1.807, 2.05) is 30.3 Å². The molecule has 3 aromatic rings. The first-order valence-corrected chi connectivity index (χ1v) is 10.1. The first kappa shape index (κ1) is 24.7. The molecule has 0 saturated heterocycles. The van der Waals surface area contributed by atoms with Crippen molar-refractivity contribution in [1.29, 1.82) is 0 Å². The average molecular weight is 474 g/mol. The molecule has 0 radical (unpaired) electrons. The van der Waals surface area contributed by atoms with Gasteiger partial charge in [0.05, 0.1) is 29.1 Å². The molecule has 0 fully saturated rings. The third-order valence-corrected chi connectivity index (χ3v) is 4.48. The second-order valence-corrected chi connectivity index (χ2v) is 6.97. The number of carbonyl (C=O) groups excluding carboxylic acids is 2. The van der Waals surface area contributed by atoms with Crippen molar-refractivity contribution in [2.45, 2.75) is 6.18 Å². The molecule has 0 spiro atoms. The summed E-state index contributed by atoms with van der Waals surface area (Å²) in [5, 5.41) is 3.22. The maximum atomic E-state index is 13.1. The summed E-state index contributed by atoms with van der Waals surface area (Å²) in [6.07, 6.45) is -2.08. The summed E-state index contributed by atoms with van der Waals surface area (Å²) >= 11 is 0. The van der Waals surface area contributed by atoms with Crippen molar-refractivity contribution in [2.24, 2.45) is 0 Å². The normalized spacial score (nSPS) is 11.5. The van der Waals surface area contributed by atoms with Gasteiger partial charge in [0.2, 0.25) is 0 Å². The van der Waals surface area contributed by atoms with E-state index in [0.717, 1.165) is 35.2 Å². The van der Waals surface area contributed by atoms with Crippen LogP contribution in [0.2, 0.25) is 0 Å². The Morgan fingerprint density at radius 3 is 2.62 bits per heavy atom. The molecular weight excluding hydrogens is 453 g/mol. The highest BCUT2D eigenvalue weighted by atomic mass is 19.4. The number of benzene rings is 2. The average Bonchev–Trinajstić information content (AvgIpc) is 2.81. The number of rotatable bonds is 9. The van der Waals surface area contributed by atoms with Crippen LogP contribution in [0.15, 0.2) is 60.7 Å². The third kappa shape index (κ3) is 7.04. The Bertz CT molecular complexity index is 1190. The van der Waals surface area contributed by atoms with Crippen LogP contribution in [0.5, 0.6) is 5.75 Å². The van der Waals surface area contributed by atoms with Crippen molar-refractivity contribution < 1.29 is 37.0 Å². The van der Waals surface area contributed by atoms with Crippen LogP contribution in [0.25, 0.3) is 17.0 Å². The summed E-state index contributed by atoms with van der Waals surface area (Å²) in [7, 11) is 1.44. The molecule has 0 atom stereocenters. The van der Waals surface area contributed by atoms with Gasteiger partial charge >= 0.3 is 12.1 Å². The number of carbonyl (C=O) groups is 2. The molecule has 7 nitrogen and oxygen atoms in total. The fourth-order valence-electron chi connectivity index (χ4n) is 2.86. The Labute approximate surface area is 193 Å². The van der Waals surface area contributed by atoms with Crippen molar-refractivity contribution in [3.05, 3.63) is 71.9 Å². The van der Waals surface area contributed by atoms with Gasteiger partial charge in [0.25, 0.3) is 5.91 Å². The van der Waals surface area contributed by atoms with Crippen molar-refractivity contribution in [3.8, 4) is 5.75 Å². The Kier molecular flexibility index (Phi) is 8.20. The van der Waals surface area contributed by atoms with Crippen molar-refractivity contribution in [1.82, 2.24) is 4.98 Å². The first-order chi connectivity index (χ1) is 16.3. The number of hydrogen-bond acceptors (Lipinski definition) is 6. The quantitative estimate of drug-likeness (QED) is 0.280. The zero-order valence-corrected chi connectivity index (χ0v) is 18.1. The second kappa shape index (κ2) is 11.3. The van der Waals surface area contributed by atoms with Gasteiger partial charge in [0, 0.05) is 18.6 Å². The van der Waals surface area contributed by atoms with Crippen LogP contribution in [0.3, 0.4) is 0 Å². The van der Waals surface area contributed by atoms with E-state index in [2.05, 4.69) is 10.3 Å². The minimum Gasteiger partial charge on any atom is -0.489 e. The molecule has 34 heavy (non-hydrogen) atoms. The highest BCUT2D eigenvalue weighted by molar-refractivity contribution is 5.95. The van der Waals surface area contributed by atoms with Crippen LogP contribution in [-0.2, 0) is 25.2 Å². The van der Waals surface area contributed by atoms with Gasteiger partial charge in [0.1, 0.15) is 12.4 Å². The van der Waals surface area contributed by atoms with E-state index < -0.39 is 30.2 Å². The zero-order chi connectivity index (χ0) is 24.6. The Hall–Kier alpha value is -3.92. The van der Waals surface area contributed by atoms with Gasteiger partial charge in [-0.15, -0.1) is 0 Å². The van der Waals surface area contributed by atoms with Crippen molar-refractivity contribution in [3.63, 3.8) is 0 Å². The van der Waals surface area contributed by atoms with Gasteiger partial charge < -0.3 is 19.5 Å². The summed E-state index contributed by atoms with van der Waals surface area (Å²) in [5.74, 6) is -1.63. The molecule has 1 amide bonds. The van der Waals surface area contributed by atoms with Crippen LogP contribution in [0.1, 0.15) is 11.3 Å². The monoisotopic (exact) mass is 474 g/mol. The number of methoxy groups -OCH3 is 1. The number of ether oxygens (including phenoxy) is 3. The maximum Gasteiger partial charge on any atom is 0.416 e. The molecule has 0 saturated carbocycles. The summed E-state index contributed by atoms with van der Waals surface area (Å²) in [6.45, 7) is -0.445. The summed E-state index contributed by atoms with van der Waals surface area (Å²) in [6, 6.07) is 13.7. The van der Waals surface area contributed by atoms with Crippen LogP contribution in [0, 0.1) is 0 Å². The van der Waals surface area contributed by atoms with E-state index in [1.54, 1.807) is 6.07 Å². The van der Waals surface area contributed by atoms with Gasteiger partial charge in [-0.05, 0) is 36.4 Å². The third-order valence-electron chi connectivity index (χ3n) is 4.48. The first-order valence-electron chi connectivity index (χ1n) is 10.1. The Morgan fingerprint density at radius 2 is 1.85 bits per heavy atom. The number of fused-ring (bicyclic) bond motifs is 1. The summed E-state index contributed by atoms with van der Waals surface area (Å²) in [5.41, 5.74) is 0.0940. The van der Waals surface area contributed by atoms with E-state index in [1.165, 1.54) is 13.2 Å². The van der Waals surface area contributed by atoms with Gasteiger partial charge in [-0.3, -0.25) is 4.79 Å². The molecule has 3 rings (SSSR count). The number of pyridine rings is 1. The number of para-hydroxylation sites is 1. The second-order valence-electron chi connectivity index (χ2n) is 6.97. The zero-order valence-electron chi connectivity index (χ0n) is 18.1. The largest absolute Gasteiger partial charge is 0.489 e. The molecule has 1 aromatic heterocycles. The van der Waals surface area contributed by atoms with E-state index in [0.29, 0.717) is 5.69 Å². The minimum atomic E-state index is -4.61. The van der Waals surface area contributed by atoms with Crippen LogP contribution in [-0.4, -0.2) is 43.8 Å². The smallest absolute Gasteiger partial charge is 0.416 e. The highest BCUT2D eigenvalue weighted by Crippen LogP contribution is 2.35. The van der Waals surface area contributed by atoms with Crippen LogP contribution >= 0.6 is 0 Å². The standard InChI is InChI=1S/C24H21F3N2O5/c1-32-12-13-33-21-10-7-17(24(25,26)27)14-20(21)29-22(30)15-34-23(31)11-9-18-8-6-16-4-2-3-5-19(16)28-18/h2-11,14H,12-13,15H2,1H3,(H,29,30)/b11-9+. The number of nitrogens with zero attached hydrogens (tertiary/aromatic N) is 1. The lowest BCUT2D eigenvalue weighted by atomic mass is 10.1. The number of halogens is 3. The molecule has 2 aromatic carbocycles. The summed E-state index contributed by atoms with van der Waals surface area (Å²) in [4.78, 5) is 28.5. The van der Waals surface area contributed by atoms with Gasteiger partial charge in [-0.1, -0.05) is 24.3 Å². The molecule has 1 N–H and O–H groups in total. The van der Waals surface area contributed by atoms with Crippen LogP contribution < -0.4 is 10.1 Å². The number of hydrogen-bond donors (Lipinski definition) is 1. The molecule has 1 heterocycles. The molecule has 0 unspecified atom stereocenters. The fraction of sp³-hybridized carbons (Fsp3) is 0.208.